The van der Waals surface area contributed by atoms with E-state index in [1.165, 1.54) is 10.4 Å². The molecule has 1 saturated carbocycles. The lowest BCUT2D eigenvalue weighted by Crippen LogP contribution is -1.98. The number of aryl methyl sites for hydroxylation is 2. The number of anilines is 1. The van der Waals surface area contributed by atoms with Crippen molar-refractivity contribution in [2.75, 3.05) is 11.5 Å². The summed E-state index contributed by atoms with van der Waals surface area (Å²) in [6.07, 6.45) is 0.845. The highest BCUT2D eigenvalue weighted by Crippen LogP contribution is 2.54. The quantitative estimate of drug-likeness (QED) is 0.520. The summed E-state index contributed by atoms with van der Waals surface area (Å²) in [7, 11) is 0. The van der Waals surface area contributed by atoms with E-state index in [1.807, 2.05) is 0 Å². The van der Waals surface area contributed by atoms with Crippen molar-refractivity contribution >= 4 is 62.3 Å². The molecular formula is C12H13Cl2N3S2. The van der Waals surface area contributed by atoms with Crippen LogP contribution in [0.4, 0.5) is 5.82 Å². The molecule has 0 bridgehead atoms. The van der Waals surface area contributed by atoms with Gasteiger partial charge in [-0.1, -0.05) is 11.8 Å². The fraction of sp³-hybridized carbons (Fsp3) is 0.500. The predicted molar refractivity (Wildman–Crippen MR) is 84.6 cm³/mol. The van der Waals surface area contributed by atoms with Gasteiger partial charge in [0.1, 0.15) is 15.0 Å². The van der Waals surface area contributed by atoms with Crippen LogP contribution in [0.5, 0.6) is 0 Å². The van der Waals surface area contributed by atoms with Crippen molar-refractivity contribution in [3.8, 4) is 0 Å². The van der Waals surface area contributed by atoms with Crippen LogP contribution in [0.3, 0.4) is 0 Å². The second-order valence-corrected chi connectivity index (χ2v) is 8.56. The number of rotatable bonds is 3. The van der Waals surface area contributed by atoms with E-state index >= 15 is 0 Å². The van der Waals surface area contributed by atoms with E-state index in [-0.39, 0.29) is 0 Å². The van der Waals surface area contributed by atoms with Crippen LogP contribution in [0.1, 0.15) is 16.9 Å². The highest BCUT2D eigenvalue weighted by Gasteiger charge is 2.51. The van der Waals surface area contributed by atoms with Crippen LogP contribution in [0, 0.1) is 19.8 Å². The molecule has 3 nitrogen and oxygen atoms in total. The van der Waals surface area contributed by atoms with Gasteiger partial charge in [-0.25, -0.2) is 9.97 Å². The Kier molecular flexibility index (Phi) is 3.37. The zero-order valence-corrected chi connectivity index (χ0v) is 13.7. The third kappa shape index (κ3) is 2.53. The first kappa shape index (κ1) is 13.7. The molecule has 2 aromatic rings. The average Bonchev–Trinajstić information content (AvgIpc) is 2.82. The van der Waals surface area contributed by atoms with Gasteiger partial charge in [-0.15, -0.1) is 34.5 Å². The second kappa shape index (κ2) is 4.65. The Labute approximate surface area is 129 Å². The first-order valence-electron chi connectivity index (χ1n) is 5.92. The Morgan fingerprint density at radius 2 is 2.11 bits per heavy atom. The van der Waals surface area contributed by atoms with E-state index in [2.05, 4.69) is 23.8 Å². The van der Waals surface area contributed by atoms with Crippen LogP contribution in [0.15, 0.2) is 5.16 Å². The maximum Gasteiger partial charge on any atom is 0.190 e. The smallest absolute Gasteiger partial charge is 0.190 e. The van der Waals surface area contributed by atoms with Crippen molar-refractivity contribution in [2.24, 2.45) is 5.92 Å². The second-order valence-electron chi connectivity index (χ2n) is 4.83. The number of nitrogens with two attached hydrogens (primary N) is 1. The van der Waals surface area contributed by atoms with E-state index in [1.54, 1.807) is 23.1 Å². The van der Waals surface area contributed by atoms with Crippen molar-refractivity contribution in [1.82, 2.24) is 9.97 Å². The Morgan fingerprint density at radius 1 is 1.42 bits per heavy atom. The molecule has 0 saturated heterocycles. The van der Waals surface area contributed by atoms with Crippen LogP contribution in [0.2, 0.25) is 0 Å². The van der Waals surface area contributed by atoms with Gasteiger partial charge in [0.15, 0.2) is 5.16 Å². The van der Waals surface area contributed by atoms with Crippen molar-refractivity contribution in [2.45, 2.75) is 29.8 Å². The summed E-state index contributed by atoms with van der Waals surface area (Å²) >= 11 is 15.3. The molecule has 1 atom stereocenters. The summed E-state index contributed by atoms with van der Waals surface area (Å²) in [6.45, 7) is 4.13. The molecule has 1 unspecified atom stereocenters. The molecule has 0 aromatic carbocycles. The van der Waals surface area contributed by atoms with Crippen LogP contribution in [-0.2, 0) is 0 Å². The third-order valence-electron chi connectivity index (χ3n) is 3.41. The number of thiophene rings is 1. The normalized spacial score (nSPS) is 20.9. The Bertz CT molecular complexity index is 654. The van der Waals surface area contributed by atoms with Crippen LogP contribution in [-0.4, -0.2) is 20.1 Å². The van der Waals surface area contributed by atoms with Crippen molar-refractivity contribution in [3.05, 3.63) is 10.4 Å². The van der Waals surface area contributed by atoms with Gasteiger partial charge in [0.05, 0.1) is 5.39 Å². The monoisotopic (exact) mass is 333 g/mol. The fourth-order valence-electron chi connectivity index (χ4n) is 1.95. The lowest BCUT2D eigenvalue weighted by molar-refractivity contribution is 0.958. The number of nitrogen functional groups attached to an aromatic ring is 1. The number of hydrogen-bond donors (Lipinski definition) is 1. The molecule has 102 valence electrons. The molecule has 1 aliphatic carbocycles. The lowest BCUT2D eigenvalue weighted by atomic mass is 10.2. The summed E-state index contributed by atoms with van der Waals surface area (Å²) in [5.74, 6) is 1.72. The largest absolute Gasteiger partial charge is 0.383 e. The minimum Gasteiger partial charge on any atom is -0.383 e. The first-order valence-corrected chi connectivity index (χ1v) is 8.48. The van der Waals surface area contributed by atoms with Gasteiger partial charge in [0.2, 0.25) is 0 Å². The zero-order chi connectivity index (χ0) is 13.8. The Morgan fingerprint density at radius 3 is 2.74 bits per heavy atom. The molecule has 7 heteroatoms. The van der Waals surface area contributed by atoms with Gasteiger partial charge in [0.25, 0.3) is 0 Å². The summed E-state index contributed by atoms with van der Waals surface area (Å²) < 4.78 is -0.543. The minimum atomic E-state index is -0.543. The molecule has 0 radical (unpaired) electrons. The van der Waals surface area contributed by atoms with Crippen LogP contribution >= 0.6 is 46.3 Å². The van der Waals surface area contributed by atoms with Crippen molar-refractivity contribution in [1.29, 1.82) is 0 Å². The van der Waals surface area contributed by atoms with E-state index in [0.29, 0.717) is 16.9 Å². The van der Waals surface area contributed by atoms with E-state index in [9.17, 15) is 0 Å². The van der Waals surface area contributed by atoms with Crippen molar-refractivity contribution in [3.63, 3.8) is 0 Å². The predicted octanol–water partition coefficient (Wildman–Crippen LogP) is 4.18. The molecule has 2 aromatic heterocycles. The minimum absolute atomic E-state index is 0.327. The van der Waals surface area contributed by atoms with Gasteiger partial charge < -0.3 is 5.73 Å². The van der Waals surface area contributed by atoms with Gasteiger partial charge in [0, 0.05) is 16.5 Å². The molecule has 0 amide bonds. The molecule has 0 spiro atoms. The highest BCUT2D eigenvalue weighted by molar-refractivity contribution is 7.99. The molecular weight excluding hydrogens is 321 g/mol. The molecule has 1 fully saturated rings. The number of aromatic nitrogens is 2. The van der Waals surface area contributed by atoms with Crippen molar-refractivity contribution < 1.29 is 0 Å². The van der Waals surface area contributed by atoms with Crippen LogP contribution in [0.25, 0.3) is 10.2 Å². The summed E-state index contributed by atoms with van der Waals surface area (Å²) in [4.78, 5) is 11.1. The number of hydrogen-bond acceptors (Lipinski definition) is 5. The molecule has 3 rings (SSSR count). The first-order chi connectivity index (χ1) is 8.88. The Hall–Kier alpha value is -0.230. The number of thioether (sulfide) groups is 1. The zero-order valence-electron chi connectivity index (χ0n) is 10.5. The fourth-order valence-corrected chi connectivity index (χ4v) is 4.83. The molecule has 2 heterocycles. The van der Waals surface area contributed by atoms with E-state index in [4.69, 9.17) is 28.9 Å². The number of nitrogens with zero attached hydrogens (tertiary/aromatic N) is 2. The van der Waals surface area contributed by atoms with Gasteiger partial charge in [-0.05, 0) is 25.8 Å². The average molecular weight is 334 g/mol. The lowest BCUT2D eigenvalue weighted by Gasteiger charge is -2.03. The summed E-state index contributed by atoms with van der Waals surface area (Å²) in [6, 6.07) is 0. The van der Waals surface area contributed by atoms with E-state index in [0.717, 1.165) is 22.4 Å². The number of fused-ring (bicyclic) bond motifs is 1. The van der Waals surface area contributed by atoms with Crippen LogP contribution < -0.4 is 5.73 Å². The maximum absolute atomic E-state index is 6.04. The Balaban J connectivity index is 1.85. The third-order valence-corrected chi connectivity index (χ3v) is 6.44. The standard InChI is InChI=1S/C12H13Cl2N3S2/c1-5-6(2)19-10-8(5)9(15)16-11(17-10)18-4-7-3-12(7,13)14/h7H,3-4H2,1-2H3,(H2,15,16,17). The molecule has 0 aliphatic heterocycles. The van der Waals surface area contributed by atoms with Gasteiger partial charge in [-0.3, -0.25) is 0 Å². The van der Waals surface area contributed by atoms with Gasteiger partial charge >= 0.3 is 0 Å². The summed E-state index contributed by atoms with van der Waals surface area (Å²) in [5.41, 5.74) is 7.21. The molecule has 2 N–H and O–H groups in total. The maximum atomic E-state index is 6.04. The molecule has 1 aliphatic rings. The topological polar surface area (TPSA) is 51.8 Å². The highest BCUT2D eigenvalue weighted by atomic mass is 35.5. The molecule has 19 heavy (non-hydrogen) atoms. The summed E-state index contributed by atoms with van der Waals surface area (Å²) in [5, 5.41) is 1.70. The SMILES string of the molecule is Cc1sc2nc(SCC3CC3(Cl)Cl)nc(N)c2c1C. The number of alkyl halides is 2. The number of halogens is 2. The van der Waals surface area contributed by atoms with Gasteiger partial charge in [-0.2, -0.15) is 0 Å². The van der Waals surface area contributed by atoms with E-state index < -0.39 is 4.33 Å².